The molecular formula is C14H19F4NOS. The molecule has 0 bridgehead atoms. The Kier molecular flexibility index (Phi) is 5.55. The summed E-state index contributed by atoms with van der Waals surface area (Å²) in [5.74, 6) is -5.05. The predicted molar refractivity (Wildman–Crippen MR) is 75.7 cm³/mol. The van der Waals surface area contributed by atoms with Crippen LogP contribution < -0.4 is 4.72 Å². The van der Waals surface area contributed by atoms with Gasteiger partial charge in [0.1, 0.15) is 5.82 Å². The van der Waals surface area contributed by atoms with Gasteiger partial charge in [-0.2, -0.15) is 8.78 Å². The van der Waals surface area contributed by atoms with E-state index in [-0.39, 0.29) is 5.56 Å². The van der Waals surface area contributed by atoms with Gasteiger partial charge in [0.15, 0.2) is 6.67 Å². The van der Waals surface area contributed by atoms with Crippen molar-refractivity contribution in [3.8, 4) is 0 Å². The van der Waals surface area contributed by atoms with Crippen molar-refractivity contribution in [3.05, 3.63) is 35.1 Å². The molecule has 0 aliphatic heterocycles. The first-order valence-electron chi connectivity index (χ1n) is 6.41. The van der Waals surface area contributed by atoms with E-state index in [1.807, 2.05) is 0 Å². The first kappa shape index (κ1) is 18.1. The van der Waals surface area contributed by atoms with Crippen LogP contribution in [0.3, 0.4) is 0 Å². The molecule has 0 amide bonds. The van der Waals surface area contributed by atoms with Crippen molar-refractivity contribution in [2.24, 2.45) is 0 Å². The Morgan fingerprint density at radius 2 is 1.86 bits per heavy atom. The van der Waals surface area contributed by atoms with Crippen molar-refractivity contribution in [2.75, 3.05) is 6.67 Å². The summed E-state index contributed by atoms with van der Waals surface area (Å²) in [7, 11) is -1.48. The van der Waals surface area contributed by atoms with Crippen molar-refractivity contribution in [2.45, 2.75) is 44.4 Å². The van der Waals surface area contributed by atoms with Crippen molar-refractivity contribution in [1.82, 2.24) is 4.72 Å². The van der Waals surface area contributed by atoms with Gasteiger partial charge in [-0.15, -0.1) is 0 Å². The van der Waals surface area contributed by atoms with Crippen LogP contribution in [0.2, 0.25) is 0 Å². The summed E-state index contributed by atoms with van der Waals surface area (Å²) in [4.78, 5) is 0. The minimum atomic E-state index is -3.87. The molecule has 0 spiro atoms. The Hall–Kier alpha value is -0.950. The van der Waals surface area contributed by atoms with E-state index in [9.17, 15) is 21.8 Å². The summed E-state index contributed by atoms with van der Waals surface area (Å²) in [6.45, 7) is 4.73. The second-order valence-electron chi connectivity index (χ2n) is 5.77. The molecule has 2 atom stereocenters. The second-order valence-corrected chi connectivity index (χ2v) is 7.77. The van der Waals surface area contributed by atoms with E-state index in [4.69, 9.17) is 0 Å². The first-order chi connectivity index (χ1) is 9.50. The van der Waals surface area contributed by atoms with E-state index in [1.165, 1.54) is 19.1 Å². The second kappa shape index (κ2) is 6.44. The molecule has 0 aliphatic carbocycles. The highest BCUT2D eigenvalue weighted by atomic mass is 32.2. The Morgan fingerprint density at radius 1 is 1.29 bits per heavy atom. The third-order valence-corrected chi connectivity index (χ3v) is 4.58. The van der Waals surface area contributed by atoms with Crippen molar-refractivity contribution < 1.29 is 21.8 Å². The van der Waals surface area contributed by atoms with Gasteiger partial charge in [0.25, 0.3) is 0 Å². The third-order valence-electron chi connectivity index (χ3n) is 2.90. The fraction of sp³-hybridized carbons (Fsp3) is 0.571. The van der Waals surface area contributed by atoms with Gasteiger partial charge in [-0.3, -0.25) is 0 Å². The van der Waals surface area contributed by atoms with Gasteiger partial charge in [0.2, 0.25) is 0 Å². The van der Waals surface area contributed by atoms with E-state index in [0.29, 0.717) is 0 Å². The average molecular weight is 325 g/mol. The van der Waals surface area contributed by atoms with Crippen LogP contribution in [0, 0.1) is 5.82 Å². The van der Waals surface area contributed by atoms with Gasteiger partial charge in [-0.1, -0.05) is 12.1 Å². The Bertz CT molecular complexity index is 528. The number of alkyl halides is 3. The van der Waals surface area contributed by atoms with Crippen molar-refractivity contribution in [1.29, 1.82) is 0 Å². The maximum atomic E-state index is 14.2. The lowest BCUT2D eigenvalue weighted by Gasteiger charge is -2.23. The summed E-state index contributed by atoms with van der Waals surface area (Å²) in [6, 6.07) is 2.65. The van der Waals surface area contributed by atoms with Gasteiger partial charge >= 0.3 is 5.92 Å². The minimum Gasteiger partial charge on any atom is -0.244 e. The minimum absolute atomic E-state index is 0.0711. The highest BCUT2D eigenvalue weighted by molar-refractivity contribution is 7.84. The van der Waals surface area contributed by atoms with Crippen LogP contribution in [0.1, 0.15) is 44.9 Å². The smallest absolute Gasteiger partial charge is 0.244 e. The summed E-state index contributed by atoms with van der Waals surface area (Å²) < 4.78 is 67.3. The summed E-state index contributed by atoms with van der Waals surface area (Å²) in [5, 5.41) is 0. The largest absolute Gasteiger partial charge is 0.303 e. The molecule has 2 nitrogen and oxygen atoms in total. The molecular weight excluding hydrogens is 306 g/mol. The monoisotopic (exact) mass is 325 g/mol. The number of nitrogens with one attached hydrogen (secondary N) is 1. The van der Waals surface area contributed by atoms with E-state index in [0.717, 1.165) is 6.07 Å². The average Bonchev–Trinajstić information content (AvgIpc) is 2.37. The Labute approximate surface area is 124 Å². The maximum absolute atomic E-state index is 14.2. The lowest BCUT2D eigenvalue weighted by Crippen LogP contribution is -2.35. The molecule has 1 aromatic rings. The molecule has 0 saturated carbocycles. The molecule has 0 aliphatic rings. The number of benzene rings is 1. The molecule has 1 rings (SSSR count). The highest BCUT2D eigenvalue weighted by Gasteiger charge is 2.36. The fourth-order valence-corrected chi connectivity index (χ4v) is 2.44. The zero-order valence-corrected chi connectivity index (χ0v) is 13.2. The van der Waals surface area contributed by atoms with Gasteiger partial charge in [0, 0.05) is 11.6 Å². The molecule has 120 valence electrons. The summed E-state index contributed by atoms with van der Waals surface area (Å²) in [6.07, 6.45) is 0. The van der Waals surface area contributed by atoms with Crippen molar-refractivity contribution >= 4 is 11.0 Å². The van der Waals surface area contributed by atoms with Gasteiger partial charge < -0.3 is 0 Å². The van der Waals surface area contributed by atoms with E-state index in [1.54, 1.807) is 20.8 Å². The topological polar surface area (TPSA) is 29.1 Å². The third kappa shape index (κ3) is 4.26. The lowest BCUT2D eigenvalue weighted by molar-refractivity contribution is -0.0313. The number of rotatable bonds is 5. The van der Waals surface area contributed by atoms with E-state index < -0.39 is 45.8 Å². The van der Waals surface area contributed by atoms with Crippen LogP contribution in [0.4, 0.5) is 17.6 Å². The molecule has 21 heavy (non-hydrogen) atoms. The first-order valence-corrected chi connectivity index (χ1v) is 7.56. The zero-order chi connectivity index (χ0) is 16.4. The molecule has 0 unspecified atom stereocenters. The molecule has 0 fully saturated rings. The molecule has 1 N–H and O–H groups in total. The van der Waals surface area contributed by atoms with Crippen molar-refractivity contribution in [3.63, 3.8) is 0 Å². The predicted octanol–water partition coefficient (Wildman–Crippen LogP) is 4.00. The van der Waals surface area contributed by atoms with Crippen LogP contribution >= 0.6 is 0 Å². The zero-order valence-electron chi connectivity index (χ0n) is 12.3. The number of hydrogen-bond acceptors (Lipinski definition) is 1. The maximum Gasteiger partial charge on any atom is 0.303 e. The standard InChI is InChI=1S/C14H19F4NOS/c1-9(19-21(20)13(2,3)4)10-6-5-7-11(12(10)16)14(17,18)8-15/h5-7,9,19H,8H2,1-4H3/t9-,21-/m1/s1. The molecule has 7 heteroatoms. The molecule has 0 heterocycles. The van der Waals surface area contributed by atoms with Crippen LogP contribution in [0.5, 0.6) is 0 Å². The highest BCUT2D eigenvalue weighted by Crippen LogP contribution is 2.33. The van der Waals surface area contributed by atoms with Crippen LogP contribution in [-0.2, 0) is 16.9 Å². The van der Waals surface area contributed by atoms with Gasteiger partial charge in [-0.05, 0) is 33.8 Å². The van der Waals surface area contributed by atoms with E-state index in [2.05, 4.69) is 4.72 Å². The lowest BCUT2D eigenvalue weighted by atomic mass is 10.0. The van der Waals surface area contributed by atoms with Crippen LogP contribution in [0.15, 0.2) is 18.2 Å². The molecule has 0 radical (unpaired) electrons. The summed E-state index contributed by atoms with van der Waals surface area (Å²) >= 11 is 0. The van der Waals surface area contributed by atoms with E-state index >= 15 is 0 Å². The summed E-state index contributed by atoms with van der Waals surface area (Å²) in [5.41, 5.74) is -1.06. The van der Waals surface area contributed by atoms with Crippen LogP contribution in [-0.4, -0.2) is 15.6 Å². The Morgan fingerprint density at radius 3 is 2.33 bits per heavy atom. The van der Waals surface area contributed by atoms with Gasteiger partial charge in [0.05, 0.1) is 21.3 Å². The molecule has 1 aromatic carbocycles. The van der Waals surface area contributed by atoms with Gasteiger partial charge in [-0.25, -0.2) is 17.7 Å². The number of hydrogen-bond donors (Lipinski definition) is 1. The number of halogens is 4. The quantitative estimate of drug-likeness (QED) is 0.815. The van der Waals surface area contributed by atoms with Crippen LogP contribution in [0.25, 0.3) is 0 Å². The SMILES string of the molecule is C[C@@H](N[S@](=O)C(C)(C)C)c1cccc(C(F)(F)CF)c1F. The fourth-order valence-electron chi connectivity index (χ4n) is 1.64. The normalized spacial score (nSPS) is 15.8. The Balaban J connectivity index is 3.10. The molecule has 0 saturated heterocycles. The molecule has 0 aromatic heterocycles.